The van der Waals surface area contributed by atoms with Gasteiger partial charge in [-0.05, 0) is 32.2 Å². The van der Waals surface area contributed by atoms with Crippen LogP contribution in [-0.2, 0) is 14.3 Å². The third kappa shape index (κ3) is 3.78. The summed E-state index contributed by atoms with van der Waals surface area (Å²) in [5.41, 5.74) is 5.28. The van der Waals surface area contributed by atoms with Gasteiger partial charge in [0.25, 0.3) is 10.1 Å². The fraction of sp³-hybridized carbons (Fsp3) is 0.818. The minimum absolute atomic E-state index is 0.0756. The van der Waals surface area contributed by atoms with Gasteiger partial charge in [0.1, 0.15) is 0 Å². The Morgan fingerprint density at radius 2 is 2.19 bits per heavy atom. The van der Waals surface area contributed by atoms with Gasteiger partial charge in [-0.25, -0.2) is 0 Å². The van der Waals surface area contributed by atoms with Gasteiger partial charge in [-0.1, -0.05) is 6.42 Å². The summed E-state index contributed by atoms with van der Waals surface area (Å²) < 4.78 is 28.5. The van der Waals surface area contributed by atoms with Crippen molar-refractivity contribution in [3.05, 3.63) is 0 Å². The molecular weight excluding hydrogens is 226 g/mol. The van der Waals surface area contributed by atoms with E-state index >= 15 is 0 Å². The van der Waals surface area contributed by atoms with Crippen LogP contribution in [0.5, 0.6) is 0 Å². The van der Waals surface area contributed by atoms with Gasteiger partial charge in [0.2, 0.25) is 0 Å². The number of terminal acetylenes is 1. The molecule has 0 aliphatic heterocycles. The highest BCUT2D eigenvalue weighted by atomic mass is 32.2. The molecule has 2 N–H and O–H groups in total. The number of rotatable bonds is 5. The molecule has 1 fully saturated rings. The summed E-state index contributed by atoms with van der Waals surface area (Å²) in [5.74, 6) is 2.71. The van der Waals surface area contributed by atoms with E-state index in [1.807, 2.05) is 0 Å². The van der Waals surface area contributed by atoms with Crippen molar-refractivity contribution in [2.75, 3.05) is 13.2 Å². The highest BCUT2D eigenvalue weighted by molar-refractivity contribution is 7.87. The molecule has 2 atom stereocenters. The zero-order chi connectivity index (χ0) is 12.0. The minimum Gasteiger partial charge on any atom is -0.330 e. The van der Waals surface area contributed by atoms with Crippen LogP contribution in [0, 0.1) is 18.3 Å². The molecule has 0 saturated heterocycles. The van der Waals surface area contributed by atoms with Crippen LogP contribution < -0.4 is 5.73 Å². The Morgan fingerprint density at radius 1 is 1.44 bits per heavy atom. The van der Waals surface area contributed by atoms with Crippen molar-refractivity contribution in [3.8, 4) is 12.3 Å². The number of hydrogen-bond acceptors (Lipinski definition) is 4. The molecule has 5 heteroatoms. The second-order valence-corrected chi connectivity index (χ2v) is 6.00. The van der Waals surface area contributed by atoms with Crippen molar-refractivity contribution in [1.29, 1.82) is 0 Å². The normalized spacial score (nSPS) is 26.2. The van der Waals surface area contributed by atoms with Crippen molar-refractivity contribution in [2.24, 2.45) is 11.7 Å². The maximum absolute atomic E-state index is 11.8. The molecule has 0 bridgehead atoms. The molecule has 0 heterocycles. The quantitative estimate of drug-likeness (QED) is 0.443. The predicted octanol–water partition coefficient (Wildman–Crippen LogP) is 0.874. The molecule has 0 aromatic heterocycles. The van der Waals surface area contributed by atoms with Crippen LogP contribution in [0.4, 0.5) is 0 Å². The van der Waals surface area contributed by atoms with Gasteiger partial charge in [0.15, 0.2) is 0 Å². The fourth-order valence-corrected chi connectivity index (χ4v) is 3.38. The fourth-order valence-electron chi connectivity index (χ4n) is 1.91. The largest absolute Gasteiger partial charge is 0.330 e. The van der Waals surface area contributed by atoms with Crippen LogP contribution in [0.2, 0.25) is 0 Å². The maximum Gasteiger partial charge on any atom is 0.270 e. The van der Waals surface area contributed by atoms with Crippen molar-refractivity contribution < 1.29 is 12.6 Å². The highest BCUT2D eigenvalue weighted by Crippen LogP contribution is 2.29. The van der Waals surface area contributed by atoms with Crippen LogP contribution in [-0.4, -0.2) is 26.8 Å². The predicted molar refractivity (Wildman–Crippen MR) is 63.1 cm³/mol. The first-order valence-electron chi connectivity index (χ1n) is 5.64. The lowest BCUT2D eigenvalue weighted by atomic mass is 9.90. The zero-order valence-electron chi connectivity index (χ0n) is 9.39. The molecule has 2 unspecified atom stereocenters. The molecule has 1 aliphatic carbocycles. The molecule has 0 aromatic rings. The third-order valence-corrected chi connectivity index (χ3v) is 4.61. The average Bonchev–Trinajstić information content (AvgIpc) is 2.29. The summed E-state index contributed by atoms with van der Waals surface area (Å²) in [6.45, 7) is 0.614. The van der Waals surface area contributed by atoms with Gasteiger partial charge < -0.3 is 5.73 Å². The molecule has 92 valence electrons. The van der Waals surface area contributed by atoms with E-state index in [1.54, 1.807) is 0 Å². The lowest BCUT2D eigenvalue weighted by Gasteiger charge is -2.25. The van der Waals surface area contributed by atoms with Crippen LogP contribution >= 0.6 is 0 Å². The van der Waals surface area contributed by atoms with Gasteiger partial charge in [0.05, 0.1) is 11.9 Å². The van der Waals surface area contributed by atoms with E-state index in [9.17, 15) is 8.42 Å². The van der Waals surface area contributed by atoms with Crippen molar-refractivity contribution in [1.82, 2.24) is 0 Å². The van der Waals surface area contributed by atoms with E-state index in [1.165, 1.54) is 0 Å². The van der Waals surface area contributed by atoms with Crippen molar-refractivity contribution in [3.63, 3.8) is 0 Å². The summed E-state index contributed by atoms with van der Waals surface area (Å²) in [6, 6.07) is 0. The molecular formula is C11H19NO3S. The van der Waals surface area contributed by atoms with E-state index in [0.717, 1.165) is 12.8 Å². The topological polar surface area (TPSA) is 69.4 Å². The Morgan fingerprint density at radius 3 is 2.81 bits per heavy atom. The van der Waals surface area contributed by atoms with Gasteiger partial charge in [-0.3, -0.25) is 4.18 Å². The van der Waals surface area contributed by atoms with Gasteiger partial charge in [-0.15, -0.1) is 12.3 Å². The van der Waals surface area contributed by atoms with E-state index in [-0.39, 0.29) is 12.5 Å². The Bertz CT molecular complexity index is 345. The van der Waals surface area contributed by atoms with E-state index in [4.69, 9.17) is 16.3 Å². The van der Waals surface area contributed by atoms with Crippen LogP contribution in [0.1, 0.15) is 32.1 Å². The smallest absolute Gasteiger partial charge is 0.270 e. The first-order valence-corrected chi connectivity index (χ1v) is 7.11. The van der Waals surface area contributed by atoms with Crippen molar-refractivity contribution in [2.45, 2.75) is 37.4 Å². The lowest BCUT2D eigenvalue weighted by Crippen LogP contribution is -2.29. The van der Waals surface area contributed by atoms with Gasteiger partial charge >= 0.3 is 0 Å². The maximum atomic E-state index is 11.8. The Hall–Kier alpha value is -0.570. The highest BCUT2D eigenvalue weighted by Gasteiger charge is 2.31. The summed E-state index contributed by atoms with van der Waals surface area (Å²) in [7, 11) is -3.45. The summed E-state index contributed by atoms with van der Waals surface area (Å²) in [6.07, 6.45) is 8.86. The van der Waals surface area contributed by atoms with Crippen LogP contribution in [0.15, 0.2) is 0 Å². The second-order valence-electron chi connectivity index (χ2n) is 4.11. The molecule has 0 spiro atoms. The zero-order valence-corrected chi connectivity index (χ0v) is 10.2. The standard InChI is InChI=1S/C11H19NO3S/c1-2-10-5-3-6-11(9-10)16(13,14)15-8-4-7-12/h1,10-11H,3-9,12H2. The van der Waals surface area contributed by atoms with E-state index in [2.05, 4.69) is 5.92 Å². The summed E-state index contributed by atoms with van der Waals surface area (Å²) in [4.78, 5) is 0. The molecule has 0 radical (unpaired) electrons. The van der Waals surface area contributed by atoms with E-state index in [0.29, 0.717) is 25.8 Å². The van der Waals surface area contributed by atoms with Crippen molar-refractivity contribution >= 4 is 10.1 Å². The number of nitrogens with two attached hydrogens (primary N) is 1. The van der Waals surface area contributed by atoms with Gasteiger partial charge in [-0.2, -0.15) is 8.42 Å². The minimum atomic E-state index is -3.45. The average molecular weight is 245 g/mol. The third-order valence-electron chi connectivity index (χ3n) is 2.87. The molecule has 1 aliphatic rings. The monoisotopic (exact) mass is 245 g/mol. The Kier molecular flexibility index (Phi) is 5.26. The molecule has 0 amide bonds. The Balaban J connectivity index is 2.51. The van der Waals surface area contributed by atoms with E-state index < -0.39 is 15.4 Å². The first-order chi connectivity index (χ1) is 7.60. The molecule has 16 heavy (non-hydrogen) atoms. The summed E-state index contributed by atoms with van der Waals surface area (Å²) >= 11 is 0. The number of hydrogen-bond donors (Lipinski definition) is 1. The summed E-state index contributed by atoms with van der Waals surface area (Å²) in [5, 5.41) is -0.430. The molecule has 1 saturated carbocycles. The molecule has 0 aromatic carbocycles. The van der Waals surface area contributed by atoms with Crippen LogP contribution in [0.3, 0.4) is 0 Å². The SMILES string of the molecule is C#CC1CCCC(S(=O)(=O)OCCCN)C1. The molecule has 1 rings (SSSR count). The first kappa shape index (κ1) is 13.5. The lowest BCUT2D eigenvalue weighted by molar-refractivity contribution is 0.295. The van der Waals surface area contributed by atoms with Crippen LogP contribution in [0.25, 0.3) is 0 Å². The molecule has 4 nitrogen and oxygen atoms in total. The van der Waals surface area contributed by atoms with Gasteiger partial charge in [0, 0.05) is 5.92 Å². The second kappa shape index (κ2) is 6.24. The Labute approximate surface area is 97.7 Å².